The fourth-order valence-electron chi connectivity index (χ4n) is 2.35. The molecule has 0 radical (unpaired) electrons. The van der Waals surface area contributed by atoms with Crippen molar-refractivity contribution >= 4 is 15.5 Å². The van der Waals surface area contributed by atoms with E-state index in [9.17, 15) is 8.42 Å². The summed E-state index contributed by atoms with van der Waals surface area (Å²) in [7, 11) is -3.20. The summed E-state index contributed by atoms with van der Waals surface area (Å²) in [6.07, 6.45) is 3.42. The lowest BCUT2D eigenvalue weighted by atomic mass is 10.3. The van der Waals surface area contributed by atoms with Gasteiger partial charge in [-0.15, -0.1) is 5.10 Å². The number of para-hydroxylation sites is 1. The number of benzene rings is 1. The molecule has 138 valence electrons. The quantitative estimate of drug-likeness (QED) is 0.605. The number of nitrogens with zero attached hydrogens (tertiary/aromatic N) is 3. The minimum absolute atomic E-state index is 0.165. The number of rotatable bonds is 8. The normalized spacial score (nSPS) is 11.6. The number of hydrogen-bond acceptors (Lipinski definition) is 6. The molecule has 2 aromatic heterocycles. The molecule has 0 fully saturated rings. The zero-order valence-electron chi connectivity index (χ0n) is 14.5. The number of ether oxygens (including phenoxy) is 2. The summed E-state index contributed by atoms with van der Waals surface area (Å²) in [5.74, 6) is 1.06. The maximum absolute atomic E-state index is 11.0. The number of aryl methyl sites for hydroxylation is 1. The van der Waals surface area contributed by atoms with Crippen LogP contribution >= 0.6 is 0 Å². The molecule has 0 bridgehead atoms. The molecule has 8 nitrogen and oxygen atoms in total. The summed E-state index contributed by atoms with van der Waals surface area (Å²) in [6, 6.07) is 11.4. The first-order chi connectivity index (χ1) is 12.4. The molecule has 3 rings (SSSR count). The Hall–Kier alpha value is -2.65. The van der Waals surface area contributed by atoms with Crippen molar-refractivity contribution in [3.63, 3.8) is 0 Å². The number of nitrogens with one attached hydrogen (secondary N) is 1. The lowest BCUT2D eigenvalue weighted by Crippen LogP contribution is -2.24. The van der Waals surface area contributed by atoms with E-state index in [-0.39, 0.29) is 19.2 Å². The summed E-state index contributed by atoms with van der Waals surface area (Å²) in [4.78, 5) is 4.36. The van der Waals surface area contributed by atoms with Crippen molar-refractivity contribution in [3.8, 4) is 17.6 Å². The number of aromatic nitrogens is 3. The Morgan fingerprint density at radius 3 is 2.69 bits per heavy atom. The molecule has 0 saturated carbocycles. The highest BCUT2D eigenvalue weighted by Gasteiger charge is 2.13. The zero-order chi connectivity index (χ0) is 18.6. The third-order valence-corrected chi connectivity index (χ3v) is 4.26. The second-order valence-corrected chi connectivity index (χ2v) is 7.61. The van der Waals surface area contributed by atoms with Crippen molar-refractivity contribution in [2.24, 2.45) is 0 Å². The molecule has 1 aromatic carbocycles. The molecule has 0 spiro atoms. The molecule has 0 unspecified atom stereocenters. The van der Waals surface area contributed by atoms with Crippen LogP contribution in [0.4, 0.5) is 0 Å². The van der Waals surface area contributed by atoms with E-state index in [2.05, 4.69) is 14.8 Å². The average molecular weight is 376 g/mol. The van der Waals surface area contributed by atoms with Crippen LogP contribution in [0.25, 0.3) is 5.52 Å². The van der Waals surface area contributed by atoms with Crippen LogP contribution in [-0.2, 0) is 10.0 Å². The van der Waals surface area contributed by atoms with Crippen LogP contribution in [0.2, 0.25) is 0 Å². The van der Waals surface area contributed by atoms with Crippen LogP contribution in [0.5, 0.6) is 17.6 Å². The monoisotopic (exact) mass is 376 g/mol. The molecule has 0 aliphatic rings. The fraction of sp³-hybridized carbons (Fsp3) is 0.294. The van der Waals surface area contributed by atoms with E-state index < -0.39 is 10.0 Å². The summed E-state index contributed by atoms with van der Waals surface area (Å²) >= 11 is 0. The lowest BCUT2D eigenvalue weighted by Gasteiger charge is -2.10. The Balaban J connectivity index is 1.75. The highest BCUT2D eigenvalue weighted by molar-refractivity contribution is 7.88. The molecule has 0 aliphatic heterocycles. The van der Waals surface area contributed by atoms with Gasteiger partial charge in [0, 0.05) is 12.7 Å². The molecule has 0 amide bonds. The van der Waals surface area contributed by atoms with Crippen LogP contribution in [0.15, 0.2) is 42.6 Å². The first-order valence-corrected chi connectivity index (χ1v) is 9.98. The molecule has 0 saturated heterocycles. The van der Waals surface area contributed by atoms with Gasteiger partial charge >= 0.3 is 6.01 Å². The lowest BCUT2D eigenvalue weighted by molar-refractivity contribution is 0.277. The van der Waals surface area contributed by atoms with E-state index in [0.29, 0.717) is 18.1 Å². The van der Waals surface area contributed by atoms with Crippen molar-refractivity contribution in [2.75, 3.05) is 19.4 Å². The van der Waals surface area contributed by atoms with Gasteiger partial charge < -0.3 is 9.47 Å². The molecule has 0 atom stereocenters. The second-order valence-electron chi connectivity index (χ2n) is 5.78. The standard InChI is InChI=1S/C17H20N4O4S/c1-13-9-11-21-15(13)16(25-14-7-4-3-5-8-14)19-17(20-21)24-12-6-10-18-26(2,22)23/h3-5,7-9,11,18H,6,10,12H2,1-2H3. The SMILES string of the molecule is Cc1ccn2nc(OCCCNS(C)(=O)=O)nc(Oc3ccccc3)c12. The van der Waals surface area contributed by atoms with Crippen LogP contribution < -0.4 is 14.2 Å². The summed E-state index contributed by atoms with van der Waals surface area (Å²) in [5.41, 5.74) is 1.75. The molecular formula is C17H20N4O4S. The molecular weight excluding hydrogens is 356 g/mol. The van der Waals surface area contributed by atoms with E-state index in [4.69, 9.17) is 9.47 Å². The van der Waals surface area contributed by atoms with Crippen molar-refractivity contribution in [1.29, 1.82) is 0 Å². The number of hydrogen-bond donors (Lipinski definition) is 1. The summed E-state index contributed by atoms with van der Waals surface area (Å²) in [5, 5.41) is 4.31. The van der Waals surface area contributed by atoms with Crippen LogP contribution in [0, 0.1) is 6.92 Å². The van der Waals surface area contributed by atoms with Gasteiger partial charge in [0.15, 0.2) is 0 Å². The molecule has 1 N–H and O–H groups in total. The molecule has 3 aromatic rings. The largest absolute Gasteiger partial charge is 0.462 e. The highest BCUT2D eigenvalue weighted by Crippen LogP contribution is 2.27. The zero-order valence-corrected chi connectivity index (χ0v) is 15.4. The summed E-state index contributed by atoms with van der Waals surface area (Å²) in [6.45, 7) is 2.52. The average Bonchev–Trinajstić information content (AvgIpc) is 2.96. The van der Waals surface area contributed by atoms with E-state index in [1.165, 1.54) is 0 Å². The first-order valence-electron chi connectivity index (χ1n) is 8.09. The predicted molar refractivity (Wildman–Crippen MR) is 97.2 cm³/mol. The van der Waals surface area contributed by atoms with Gasteiger partial charge in [-0.05, 0) is 37.1 Å². The van der Waals surface area contributed by atoms with Crippen molar-refractivity contribution < 1.29 is 17.9 Å². The number of sulfonamides is 1. The minimum atomic E-state index is -3.20. The summed E-state index contributed by atoms with van der Waals surface area (Å²) < 4.78 is 37.6. The van der Waals surface area contributed by atoms with Gasteiger partial charge in [0.25, 0.3) is 5.88 Å². The van der Waals surface area contributed by atoms with Crippen LogP contribution in [-0.4, -0.2) is 42.4 Å². The molecule has 9 heteroatoms. The van der Waals surface area contributed by atoms with Crippen molar-refractivity contribution in [2.45, 2.75) is 13.3 Å². The Bertz CT molecular complexity index is 987. The van der Waals surface area contributed by atoms with Gasteiger partial charge in [-0.25, -0.2) is 17.7 Å². The minimum Gasteiger partial charge on any atom is -0.462 e. The smallest absolute Gasteiger partial charge is 0.337 e. The van der Waals surface area contributed by atoms with Gasteiger partial charge in [-0.2, -0.15) is 4.98 Å². The third kappa shape index (κ3) is 4.70. The van der Waals surface area contributed by atoms with Crippen LogP contribution in [0.1, 0.15) is 12.0 Å². The topological polar surface area (TPSA) is 94.8 Å². The van der Waals surface area contributed by atoms with Crippen molar-refractivity contribution in [1.82, 2.24) is 19.3 Å². The number of fused-ring (bicyclic) bond motifs is 1. The molecule has 2 heterocycles. The molecule has 0 aliphatic carbocycles. The Labute approximate surface area is 151 Å². The Morgan fingerprint density at radius 2 is 1.96 bits per heavy atom. The van der Waals surface area contributed by atoms with E-state index in [0.717, 1.165) is 17.3 Å². The van der Waals surface area contributed by atoms with Gasteiger partial charge in [0.05, 0.1) is 12.9 Å². The predicted octanol–water partition coefficient (Wildman–Crippen LogP) is 2.15. The Kier molecular flexibility index (Phi) is 5.38. The van der Waals surface area contributed by atoms with E-state index in [1.54, 1.807) is 4.52 Å². The maximum atomic E-state index is 11.0. The van der Waals surface area contributed by atoms with E-state index >= 15 is 0 Å². The third-order valence-electron chi connectivity index (χ3n) is 3.54. The van der Waals surface area contributed by atoms with Gasteiger partial charge in [-0.3, -0.25) is 0 Å². The molecule has 26 heavy (non-hydrogen) atoms. The van der Waals surface area contributed by atoms with E-state index in [1.807, 2.05) is 49.5 Å². The highest BCUT2D eigenvalue weighted by atomic mass is 32.2. The Morgan fingerprint density at radius 1 is 1.19 bits per heavy atom. The van der Waals surface area contributed by atoms with Gasteiger partial charge in [-0.1, -0.05) is 18.2 Å². The first kappa shape index (κ1) is 18.2. The fourth-order valence-corrected chi connectivity index (χ4v) is 2.86. The maximum Gasteiger partial charge on any atom is 0.337 e. The second kappa shape index (κ2) is 7.71. The van der Waals surface area contributed by atoms with Gasteiger partial charge in [0.1, 0.15) is 11.3 Å². The van der Waals surface area contributed by atoms with Crippen LogP contribution in [0.3, 0.4) is 0 Å². The van der Waals surface area contributed by atoms with Gasteiger partial charge in [0.2, 0.25) is 10.0 Å². The van der Waals surface area contributed by atoms with Crippen molar-refractivity contribution in [3.05, 3.63) is 48.2 Å².